The number of nitrogens with zero attached hydrogens (tertiary/aromatic N) is 1. The van der Waals surface area contributed by atoms with Crippen molar-refractivity contribution in [2.45, 2.75) is 19.3 Å². The van der Waals surface area contributed by atoms with Gasteiger partial charge in [-0.3, -0.25) is 9.69 Å². The number of hydrogen-bond acceptors (Lipinski definition) is 2. The molecule has 0 unspecified atom stereocenters. The van der Waals surface area contributed by atoms with Gasteiger partial charge in [-0.25, -0.2) is 0 Å². The molecule has 1 rings (SSSR count). The number of piperidine rings is 1. The second kappa shape index (κ2) is 4.28. The van der Waals surface area contributed by atoms with Crippen LogP contribution < -0.4 is 5.32 Å². The molecule has 0 atom stereocenters. The molecule has 0 spiro atoms. The number of rotatable bonds is 3. The maximum Gasteiger partial charge on any atom is 0.310 e. The standard InChI is InChI=1S/C7H13N2O/c10-7-8-6-9-4-2-1-3-5-9/h1-6H2,(H,8,10). The summed E-state index contributed by atoms with van der Waals surface area (Å²) in [7, 11) is 0. The van der Waals surface area contributed by atoms with Crippen molar-refractivity contribution in [1.82, 2.24) is 10.2 Å². The SMILES string of the molecule is O=[C]NCN1CCCCC1. The van der Waals surface area contributed by atoms with Gasteiger partial charge in [-0.2, -0.15) is 0 Å². The quantitative estimate of drug-likeness (QED) is 0.565. The van der Waals surface area contributed by atoms with Crippen molar-refractivity contribution in [1.29, 1.82) is 0 Å². The number of carbonyl (C=O) groups excluding carboxylic acids is 1. The third-order valence-corrected chi connectivity index (χ3v) is 1.82. The molecule has 1 heterocycles. The first-order chi connectivity index (χ1) is 4.93. The molecular weight excluding hydrogens is 128 g/mol. The van der Waals surface area contributed by atoms with E-state index in [2.05, 4.69) is 10.2 Å². The summed E-state index contributed by atoms with van der Waals surface area (Å²) in [5, 5.41) is 2.54. The molecule has 10 heavy (non-hydrogen) atoms. The minimum Gasteiger partial charge on any atom is -0.335 e. The smallest absolute Gasteiger partial charge is 0.310 e. The highest BCUT2D eigenvalue weighted by Gasteiger charge is 2.07. The first kappa shape index (κ1) is 7.54. The van der Waals surface area contributed by atoms with Crippen LogP contribution in [0.4, 0.5) is 0 Å². The molecule has 1 N–H and O–H groups in total. The number of amides is 1. The summed E-state index contributed by atoms with van der Waals surface area (Å²) in [6.45, 7) is 2.91. The van der Waals surface area contributed by atoms with Gasteiger partial charge in [0.2, 0.25) is 0 Å². The Morgan fingerprint density at radius 2 is 2.00 bits per heavy atom. The second-order valence-corrected chi connectivity index (χ2v) is 2.62. The van der Waals surface area contributed by atoms with Crippen LogP contribution in [0.5, 0.6) is 0 Å². The largest absolute Gasteiger partial charge is 0.335 e. The van der Waals surface area contributed by atoms with E-state index in [-0.39, 0.29) is 0 Å². The van der Waals surface area contributed by atoms with Crippen LogP contribution in [0.15, 0.2) is 0 Å². The molecule has 0 saturated carbocycles. The molecule has 0 aromatic heterocycles. The van der Waals surface area contributed by atoms with Crippen molar-refractivity contribution in [2.75, 3.05) is 19.8 Å². The highest BCUT2D eigenvalue weighted by atomic mass is 16.1. The molecule has 57 valence electrons. The van der Waals surface area contributed by atoms with E-state index in [4.69, 9.17) is 0 Å². The fourth-order valence-electron chi connectivity index (χ4n) is 1.26. The lowest BCUT2D eigenvalue weighted by Crippen LogP contribution is -2.37. The van der Waals surface area contributed by atoms with Gasteiger partial charge in [-0.15, -0.1) is 0 Å². The molecule has 3 heteroatoms. The van der Waals surface area contributed by atoms with Crippen molar-refractivity contribution < 1.29 is 4.79 Å². The van der Waals surface area contributed by atoms with Gasteiger partial charge in [0, 0.05) is 0 Å². The average Bonchev–Trinajstić information content (AvgIpc) is 2.03. The predicted octanol–water partition coefficient (Wildman–Crippen LogP) is 0.0866. The number of likely N-dealkylation sites (tertiary alicyclic amines) is 1. The van der Waals surface area contributed by atoms with Crippen LogP contribution in [0.1, 0.15) is 19.3 Å². The summed E-state index contributed by atoms with van der Waals surface area (Å²) in [4.78, 5) is 12.0. The molecule has 1 saturated heterocycles. The van der Waals surface area contributed by atoms with Crippen LogP contribution in [-0.2, 0) is 4.79 Å². The van der Waals surface area contributed by atoms with E-state index in [9.17, 15) is 4.79 Å². The summed E-state index contributed by atoms with van der Waals surface area (Å²) in [6, 6.07) is 0. The molecule has 3 nitrogen and oxygen atoms in total. The molecule has 1 amide bonds. The maximum absolute atomic E-state index is 9.78. The van der Waals surface area contributed by atoms with Gasteiger partial charge in [0.15, 0.2) is 0 Å². The third kappa shape index (κ3) is 2.35. The third-order valence-electron chi connectivity index (χ3n) is 1.82. The fraction of sp³-hybridized carbons (Fsp3) is 0.857. The van der Waals surface area contributed by atoms with Gasteiger partial charge in [0.1, 0.15) is 0 Å². The first-order valence-electron chi connectivity index (χ1n) is 3.76. The Balaban J connectivity index is 2.07. The minimum absolute atomic E-state index is 0.670. The minimum atomic E-state index is 0.670. The van der Waals surface area contributed by atoms with Gasteiger partial charge < -0.3 is 5.32 Å². The van der Waals surface area contributed by atoms with Crippen LogP contribution in [0.25, 0.3) is 0 Å². The van der Waals surface area contributed by atoms with E-state index in [0.29, 0.717) is 6.67 Å². The molecule has 0 bridgehead atoms. The number of nitrogens with one attached hydrogen (secondary N) is 1. The molecule has 0 aliphatic carbocycles. The molecule has 1 radical (unpaired) electrons. The Hall–Kier alpha value is -0.570. The lowest BCUT2D eigenvalue weighted by atomic mass is 10.1. The topological polar surface area (TPSA) is 32.3 Å². The zero-order valence-corrected chi connectivity index (χ0v) is 6.10. The van der Waals surface area contributed by atoms with E-state index in [1.54, 1.807) is 6.41 Å². The zero-order valence-electron chi connectivity index (χ0n) is 6.10. The molecule has 0 aromatic rings. The summed E-state index contributed by atoms with van der Waals surface area (Å²) in [6.07, 6.45) is 5.54. The van der Waals surface area contributed by atoms with Crippen LogP contribution in [-0.4, -0.2) is 31.1 Å². The molecular formula is C7H13N2O. The van der Waals surface area contributed by atoms with Crippen LogP contribution >= 0.6 is 0 Å². The van der Waals surface area contributed by atoms with E-state index in [0.717, 1.165) is 13.1 Å². The van der Waals surface area contributed by atoms with E-state index in [1.807, 2.05) is 0 Å². The Morgan fingerprint density at radius 1 is 1.30 bits per heavy atom. The van der Waals surface area contributed by atoms with Crippen LogP contribution in [0.3, 0.4) is 0 Å². The second-order valence-electron chi connectivity index (χ2n) is 2.62. The Labute approximate surface area is 61.4 Å². The van der Waals surface area contributed by atoms with E-state index >= 15 is 0 Å². The maximum atomic E-state index is 9.78. The van der Waals surface area contributed by atoms with Crippen molar-refractivity contribution in [3.8, 4) is 0 Å². The Kier molecular flexibility index (Phi) is 3.22. The van der Waals surface area contributed by atoms with Gasteiger partial charge in [-0.1, -0.05) is 6.42 Å². The van der Waals surface area contributed by atoms with E-state index in [1.165, 1.54) is 19.3 Å². The molecule has 1 aliphatic rings. The normalized spacial score (nSPS) is 20.4. The lowest BCUT2D eigenvalue weighted by Gasteiger charge is -2.25. The Morgan fingerprint density at radius 3 is 2.60 bits per heavy atom. The summed E-state index contributed by atoms with van der Waals surface area (Å²) in [5.41, 5.74) is 0. The van der Waals surface area contributed by atoms with Gasteiger partial charge in [0.05, 0.1) is 6.67 Å². The highest BCUT2D eigenvalue weighted by molar-refractivity contribution is 5.46. The van der Waals surface area contributed by atoms with Gasteiger partial charge in [-0.05, 0) is 25.9 Å². The van der Waals surface area contributed by atoms with Crippen LogP contribution in [0, 0.1) is 0 Å². The van der Waals surface area contributed by atoms with Crippen molar-refractivity contribution >= 4 is 6.41 Å². The van der Waals surface area contributed by atoms with Crippen molar-refractivity contribution in [3.05, 3.63) is 0 Å². The zero-order chi connectivity index (χ0) is 7.23. The molecule has 1 aliphatic heterocycles. The molecule has 1 fully saturated rings. The van der Waals surface area contributed by atoms with Crippen molar-refractivity contribution in [3.63, 3.8) is 0 Å². The van der Waals surface area contributed by atoms with Gasteiger partial charge in [0.25, 0.3) is 0 Å². The summed E-state index contributed by atoms with van der Waals surface area (Å²) in [5.74, 6) is 0. The predicted molar refractivity (Wildman–Crippen MR) is 39.1 cm³/mol. The van der Waals surface area contributed by atoms with Crippen LogP contribution in [0.2, 0.25) is 0 Å². The fourth-order valence-corrected chi connectivity index (χ4v) is 1.26. The highest BCUT2D eigenvalue weighted by Crippen LogP contribution is 2.06. The molecule has 0 aromatic carbocycles. The average molecular weight is 141 g/mol. The van der Waals surface area contributed by atoms with Crippen molar-refractivity contribution in [2.24, 2.45) is 0 Å². The number of hydrogen-bond donors (Lipinski definition) is 1. The summed E-state index contributed by atoms with van der Waals surface area (Å²) >= 11 is 0. The van der Waals surface area contributed by atoms with E-state index < -0.39 is 0 Å². The monoisotopic (exact) mass is 141 g/mol. The summed E-state index contributed by atoms with van der Waals surface area (Å²) < 4.78 is 0. The lowest BCUT2D eigenvalue weighted by molar-refractivity contribution is 0.223. The van der Waals surface area contributed by atoms with Gasteiger partial charge >= 0.3 is 6.41 Å². The Bertz CT molecular complexity index is 99.8. The first-order valence-corrected chi connectivity index (χ1v) is 3.76.